The van der Waals surface area contributed by atoms with Crippen LogP contribution in [0.15, 0.2) is 6.20 Å². The number of anilines is 1. The molecule has 0 spiro atoms. The molecule has 0 aromatic carbocycles. The summed E-state index contributed by atoms with van der Waals surface area (Å²) < 4.78 is 6.07. The topological polar surface area (TPSA) is 70.1 Å². The molecule has 1 aromatic heterocycles. The molecule has 0 bridgehead atoms. The lowest BCUT2D eigenvalue weighted by molar-refractivity contribution is 0.0550. The fraction of sp³-hybridized carbons (Fsp3) is 0.250. The molecular weight excluding hydrogens is 170 g/mol. The Morgan fingerprint density at radius 3 is 3.08 bits per heavy atom. The molecule has 0 saturated heterocycles. The van der Waals surface area contributed by atoms with Gasteiger partial charge in [0.05, 0.1) is 5.69 Å². The number of esters is 1. The predicted molar refractivity (Wildman–Crippen MR) is 46.7 cm³/mol. The highest BCUT2D eigenvalue weighted by Crippen LogP contribution is 2.08. The summed E-state index contributed by atoms with van der Waals surface area (Å²) in [5.41, 5.74) is 5.86. The number of nitrogens with zero attached hydrogens (tertiary/aromatic N) is 2. The molecule has 0 aliphatic rings. The van der Waals surface area contributed by atoms with Crippen LogP contribution in [0, 0.1) is 12.3 Å². The van der Waals surface area contributed by atoms with Gasteiger partial charge in [0.25, 0.3) is 0 Å². The lowest BCUT2D eigenvalue weighted by Crippen LogP contribution is -2.08. The zero-order valence-corrected chi connectivity index (χ0v) is 7.15. The number of aromatic nitrogens is 2. The number of terminal acetylenes is 1. The SMILES string of the molecule is C#CCOC(=O)c1nn(C)cc1N. The third kappa shape index (κ3) is 1.99. The lowest BCUT2D eigenvalue weighted by Gasteiger charge is -1.96. The molecule has 0 aliphatic carbocycles. The van der Waals surface area contributed by atoms with Gasteiger partial charge in [-0.25, -0.2) is 4.79 Å². The van der Waals surface area contributed by atoms with Gasteiger partial charge in [0.2, 0.25) is 0 Å². The molecule has 1 rings (SSSR count). The Bertz CT molecular complexity index is 362. The highest BCUT2D eigenvalue weighted by atomic mass is 16.5. The molecule has 0 radical (unpaired) electrons. The van der Waals surface area contributed by atoms with Gasteiger partial charge in [-0.05, 0) is 0 Å². The molecule has 0 unspecified atom stereocenters. The monoisotopic (exact) mass is 179 g/mol. The van der Waals surface area contributed by atoms with Crippen molar-refractivity contribution in [1.82, 2.24) is 9.78 Å². The van der Waals surface area contributed by atoms with Crippen LogP contribution in [0.25, 0.3) is 0 Å². The molecular formula is C8H9N3O2. The summed E-state index contributed by atoms with van der Waals surface area (Å²) in [5, 5.41) is 3.81. The standard InChI is InChI=1S/C8H9N3O2/c1-3-4-13-8(12)7-6(9)5-11(2)10-7/h1,5H,4,9H2,2H3. The van der Waals surface area contributed by atoms with Crippen LogP contribution in [0.3, 0.4) is 0 Å². The van der Waals surface area contributed by atoms with Crippen molar-refractivity contribution in [1.29, 1.82) is 0 Å². The van der Waals surface area contributed by atoms with Gasteiger partial charge in [-0.1, -0.05) is 5.92 Å². The van der Waals surface area contributed by atoms with Crippen LogP contribution in [-0.2, 0) is 11.8 Å². The Kier molecular flexibility index (Phi) is 2.55. The summed E-state index contributed by atoms with van der Waals surface area (Å²) in [7, 11) is 1.66. The molecule has 1 aromatic rings. The van der Waals surface area contributed by atoms with E-state index in [-0.39, 0.29) is 18.0 Å². The Labute approximate surface area is 75.5 Å². The van der Waals surface area contributed by atoms with E-state index in [9.17, 15) is 4.79 Å². The van der Waals surface area contributed by atoms with Crippen molar-refractivity contribution in [3.8, 4) is 12.3 Å². The van der Waals surface area contributed by atoms with E-state index in [4.69, 9.17) is 12.2 Å². The van der Waals surface area contributed by atoms with E-state index in [0.717, 1.165) is 0 Å². The number of ether oxygens (including phenoxy) is 1. The number of carbonyl (C=O) groups is 1. The summed E-state index contributed by atoms with van der Waals surface area (Å²) >= 11 is 0. The van der Waals surface area contributed by atoms with Crippen LogP contribution in [0.2, 0.25) is 0 Å². The van der Waals surface area contributed by atoms with Crippen LogP contribution in [0.4, 0.5) is 5.69 Å². The maximum atomic E-state index is 11.2. The smallest absolute Gasteiger partial charge is 0.361 e. The Morgan fingerprint density at radius 1 is 1.92 bits per heavy atom. The number of nitrogen functional groups attached to an aromatic ring is 1. The van der Waals surface area contributed by atoms with Gasteiger partial charge < -0.3 is 10.5 Å². The first kappa shape index (κ1) is 9.13. The lowest BCUT2D eigenvalue weighted by atomic mass is 10.4. The molecule has 5 heteroatoms. The maximum absolute atomic E-state index is 11.2. The van der Waals surface area contributed by atoms with E-state index in [0.29, 0.717) is 0 Å². The average molecular weight is 179 g/mol. The second kappa shape index (κ2) is 3.63. The minimum Gasteiger partial charge on any atom is -0.448 e. The van der Waals surface area contributed by atoms with E-state index in [1.165, 1.54) is 10.9 Å². The largest absolute Gasteiger partial charge is 0.448 e. The molecule has 68 valence electrons. The predicted octanol–water partition coefficient (Wildman–Crippen LogP) is -0.208. The first-order chi connectivity index (χ1) is 6.15. The number of rotatable bonds is 2. The van der Waals surface area contributed by atoms with Gasteiger partial charge in [0, 0.05) is 13.2 Å². The van der Waals surface area contributed by atoms with Crippen molar-refractivity contribution in [3.05, 3.63) is 11.9 Å². The van der Waals surface area contributed by atoms with Crippen LogP contribution in [0.5, 0.6) is 0 Å². The van der Waals surface area contributed by atoms with Crippen molar-refractivity contribution < 1.29 is 9.53 Å². The van der Waals surface area contributed by atoms with Gasteiger partial charge >= 0.3 is 5.97 Å². The zero-order valence-electron chi connectivity index (χ0n) is 7.15. The minimum absolute atomic E-state index is 0.0746. The van der Waals surface area contributed by atoms with Gasteiger partial charge in [0.15, 0.2) is 12.3 Å². The van der Waals surface area contributed by atoms with Gasteiger partial charge in [-0.3, -0.25) is 4.68 Å². The molecule has 2 N–H and O–H groups in total. The average Bonchev–Trinajstić information content (AvgIpc) is 2.41. The summed E-state index contributed by atoms with van der Waals surface area (Å²) in [5.74, 6) is 1.58. The number of hydrogen-bond donors (Lipinski definition) is 1. The van der Waals surface area contributed by atoms with Crippen LogP contribution < -0.4 is 5.73 Å². The number of carbonyl (C=O) groups excluding carboxylic acids is 1. The number of aryl methyl sites for hydroxylation is 1. The van der Waals surface area contributed by atoms with E-state index in [2.05, 4.69) is 15.8 Å². The Morgan fingerprint density at radius 2 is 2.62 bits per heavy atom. The highest BCUT2D eigenvalue weighted by molar-refractivity contribution is 5.92. The fourth-order valence-electron chi connectivity index (χ4n) is 0.841. The molecule has 0 aliphatic heterocycles. The normalized spacial score (nSPS) is 9.23. The Balaban J connectivity index is 2.78. The third-order valence-corrected chi connectivity index (χ3v) is 1.34. The minimum atomic E-state index is -0.601. The van der Waals surface area contributed by atoms with Crippen molar-refractivity contribution in [2.45, 2.75) is 0 Å². The van der Waals surface area contributed by atoms with Gasteiger partial charge in [-0.2, -0.15) is 5.10 Å². The first-order valence-electron chi connectivity index (χ1n) is 3.55. The molecule has 0 saturated carbocycles. The number of hydrogen-bond acceptors (Lipinski definition) is 4. The van der Waals surface area contributed by atoms with E-state index < -0.39 is 5.97 Å². The van der Waals surface area contributed by atoms with Gasteiger partial charge in [-0.15, -0.1) is 6.42 Å². The van der Waals surface area contributed by atoms with Crippen molar-refractivity contribution in [3.63, 3.8) is 0 Å². The van der Waals surface area contributed by atoms with Crippen molar-refractivity contribution >= 4 is 11.7 Å². The van der Waals surface area contributed by atoms with Gasteiger partial charge in [0.1, 0.15) is 0 Å². The molecule has 5 nitrogen and oxygen atoms in total. The highest BCUT2D eigenvalue weighted by Gasteiger charge is 2.14. The fourth-order valence-corrected chi connectivity index (χ4v) is 0.841. The molecule has 1 heterocycles. The van der Waals surface area contributed by atoms with Crippen LogP contribution >= 0.6 is 0 Å². The molecule has 13 heavy (non-hydrogen) atoms. The van der Waals surface area contributed by atoms with E-state index >= 15 is 0 Å². The maximum Gasteiger partial charge on any atom is 0.361 e. The molecule has 0 fully saturated rings. The first-order valence-corrected chi connectivity index (χ1v) is 3.55. The Hall–Kier alpha value is -1.96. The van der Waals surface area contributed by atoms with Crippen molar-refractivity contribution in [2.75, 3.05) is 12.3 Å². The second-order valence-corrected chi connectivity index (χ2v) is 2.39. The third-order valence-electron chi connectivity index (χ3n) is 1.34. The van der Waals surface area contributed by atoms with Crippen molar-refractivity contribution in [2.24, 2.45) is 7.05 Å². The molecule has 0 amide bonds. The van der Waals surface area contributed by atoms with E-state index in [1.54, 1.807) is 7.05 Å². The summed E-state index contributed by atoms with van der Waals surface area (Å²) in [6.45, 7) is -0.0746. The summed E-state index contributed by atoms with van der Waals surface area (Å²) in [6.07, 6.45) is 6.43. The summed E-state index contributed by atoms with van der Waals surface area (Å²) in [4.78, 5) is 11.2. The quantitative estimate of drug-likeness (QED) is 0.504. The molecule has 0 atom stereocenters. The number of nitrogens with two attached hydrogens (primary N) is 1. The van der Waals surface area contributed by atoms with Crippen LogP contribution in [0.1, 0.15) is 10.5 Å². The second-order valence-electron chi connectivity index (χ2n) is 2.39. The van der Waals surface area contributed by atoms with Crippen LogP contribution in [-0.4, -0.2) is 22.4 Å². The summed E-state index contributed by atoms with van der Waals surface area (Å²) in [6, 6.07) is 0. The van der Waals surface area contributed by atoms with E-state index in [1.807, 2.05) is 0 Å². The zero-order chi connectivity index (χ0) is 9.84.